The summed E-state index contributed by atoms with van der Waals surface area (Å²) in [5.41, 5.74) is 2.37. The third-order valence-corrected chi connectivity index (χ3v) is 3.50. The first-order chi connectivity index (χ1) is 9.74. The minimum Gasteiger partial charge on any atom is -0.495 e. The largest absolute Gasteiger partial charge is 0.495 e. The third-order valence-electron chi connectivity index (χ3n) is 3.19. The van der Waals surface area contributed by atoms with Crippen molar-refractivity contribution in [3.8, 4) is 5.75 Å². The number of likely N-dealkylation sites (N-methyl/N-ethyl adjacent to an activating group) is 1. The van der Waals surface area contributed by atoms with Gasteiger partial charge < -0.3 is 10.1 Å². The Bertz CT molecular complexity index is 545. The zero-order chi connectivity index (χ0) is 14.4. The maximum atomic E-state index is 6.08. The van der Waals surface area contributed by atoms with Gasteiger partial charge in [-0.3, -0.25) is 4.98 Å². The average Bonchev–Trinajstić information content (AvgIpc) is 2.48. The summed E-state index contributed by atoms with van der Waals surface area (Å²) in [7, 11) is 1.63. The second-order valence-corrected chi connectivity index (χ2v) is 4.98. The minimum absolute atomic E-state index is 0.218. The van der Waals surface area contributed by atoms with Crippen LogP contribution in [-0.2, 0) is 6.42 Å². The van der Waals surface area contributed by atoms with E-state index in [4.69, 9.17) is 16.3 Å². The number of hydrogen-bond donors (Lipinski definition) is 1. The molecule has 20 heavy (non-hydrogen) atoms. The highest BCUT2D eigenvalue weighted by Gasteiger charge is 2.13. The average molecular weight is 291 g/mol. The lowest BCUT2D eigenvalue weighted by Crippen LogP contribution is -2.23. The first-order valence-electron chi connectivity index (χ1n) is 6.70. The predicted octanol–water partition coefficient (Wildman–Crippen LogP) is 3.64. The molecular formula is C16H19ClN2O. The Hall–Kier alpha value is -1.58. The van der Waals surface area contributed by atoms with Gasteiger partial charge in [-0.25, -0.2) is 0 Å². The molecule has 1 atom stereocenters. The minimum atomic E-state index is 0.218. The highest BCUT2D eigenvalue weighted by atomic mass is 35.5. The summed E-state index contributed by atoms with van der Waals surface area (Å²) in [6.45, 7) is 3.00. The monoisotopic (exact) mass is 290 g/mol. The molecule has 1 N–H and O–H groups in total. The third kappa shape index (κ3) is 3.71. The molecule has 2 aromatic rings. The van der Waals surface area contributed by atoms with Crippen LogP contribution in [0.2, 0.25) is 5.02 Å². The van der Waals surface area contributed by atoms with Crippen LogP contribution in [-0.4, -0.2) is 18.6 Å². The number of nitrogens with one attached hydrogen (secondary N) is 1. The van der Waals surface area contributed by atoms with Crippen molar-refractivity contribution in [2.24, 2.45) is 0 Å². The number of hydrogen-bond acceptors (Lipinski definition) is 3. The van der Waals surface area contributed by atoms with Gasteiger partial charge in [0.25, 0.3) is 0 Å². The van der Waals surface area contributed by atoms with Gasteiger partial charge in [-0.2, -0.15) is 0 Å². The van der Waals surface area contributed by atoms with Crippen molar-refractivity contribution in [2.75, 3.05) is 13.7 Å². The number of benzene rings is 1. The van der Waals surface area contributed by atoms with Gasteiger partial charge in [0.05, 0.1) is 12.1 Å². The lowest BCUT2D eigenvalue weighted by atomic mass is 9.99. The van der Waals surface area contributed by atoms with Crippen molar-refractivity contribution in [1.29, 1.82) is 0 Å². The van der Waals surface area contributed by atoms with Crippen LogP contribution < -0.4 is 10.1 Å². The van der Waals surface area contributed by atoms with Crippen LogP contribution in [0.1, 0.15) is 24.1 Å². The van der Waals surface area contributed by atoms with Crippen LogP contribution in [0.4, 0.5) is 0 Å². The zero-order valence-electron chi connectivity index (χ0n) is 11.8. The van der Waals surface area contributed by atoms with E-state index in [9.17, 15) is 0 Å². The van der Waals surface area contributed by atoms with E-state index in [2.05, 4.69) is 23.3 Å². The number of methoxy groups -OCH3 is 1. The molecule has 0 fully saturated rings. The Labute approximate surface area is 124 Å². The molecule has 0 aliphatic heterocycles. The van der Waals surface area contributed by atoms with Crippen molar-refractivity contribution in [1.82, 2.24) is 10.3 Å². The highest BCUT2D eigenvalue weighted by Crippen LogP contribution is 2.29. The molecule has 2 rings (SSSR count). The number of ether oxygens (including phenoxy) is 1. The van der Waals surface area contributed by atoms with Crippen molar-refractivity contribution >= 4 is 11.6 Å². The predicted molar refractivity (Wildman–Crippen MR) is 82.4 cm³/mol. The van der Waals surface area contributed by atoms with Gasteiger partial charge in [-0.05, 0) is 42.3 Å². The Kier molecular flexibility index (Phi) is 5.39. The molecule has 106 valence electrons. The molecule has 1 heterocycles. The molecule has 0 spiro atoms. The van der Waals surface area contributed by atoms with Crippen molar-refractivity contribution in [3.05, 3.63) is 58.9 Å². The summed E-state index contributed by atoms with van der Waals surface area (Å²) in [4.78, 5) is 4.17. The summed E-state index contributed by atoms with van der Waals surface area (Å²) in [6.07, 6.45) is 4.57. The number of nitrogens with zero attached hydrogens (tertiary/aromatic N) is 1. The van der Waals surface area contributed by atoms with Crippen LogP contribution in [0, 0.1) is 0 Å². The molecule has 0 radical (unpaired) electrons. The van der Waals surface area contributed by atoms with E-state index in [1.54, 1.807) is 13.3 Å². The molecule has 3 nitrogen and oxygen atoms in total. The zero-order valence-corrected chi connectivity index (χ0v) is 12.5. The summed E-state index contributed by atoms with van der Waals surface area (Å²) in [5, 5.41) is 4.12. The van der Waals surface area contributed by atoms with Crippen molar-refractivity contribution < 1.29 is 4.74 Å². The second kappa shape index (κ2) is 7.27. The normalized spacial score (nSPS) is 12.2. The summed E-state index contributed by atoms with van der Waals surface area (Å²) >= 11 is 6.08. The molecule has 0 saturated heterocycles. The quantitative estimate of drug-likeness (QED) is 0.882. The number of halogens is 1. The lowest BCUT2D eigenvalue weighted by molar-refractivity contribution is 0.413. The van der Waals surface area contributed by atoms with E-state index in [0.29, 0.717) is 10.8 Å². The van der Waals surface area contributed by atoms with E-state index in [1.807, 2.05) is 30.5 Å². The molecule has 1 aromatic heterocycles. The van der Waals surface area contributed by atoms with E-state index >= 15 is 0 Å². The summed E-state index contributed by atoms with van der Waals surface area (Å²) < 4.78 is 5.29. The standard InChI is InChI=1S/C16H19ClN2O/c1-3-19-15(9-12-5-4-8-18-11-12)13-6-7-14(17)16(10-13)20-2/h4-8,10-11,15,19H,3,9H2,1-2H3. The van der Waals surface area contributed by atoms with Crippen LogP contribution in [0.25, 0.3) is 0 Å². The fourth-order valence-electron chi connectivity index (χ4n) is 2.20. The Morgan fingerprint density at radius 3 is 2.85 bits per heavy atom. The van der Waals surface area contributed by atoms with Crippen LogP contribution in [0.5, 0.6) is 5.75 Å². The van der Waals surface area contributed by atoms with Crippen LogP contribution >= 0.6 is 11.6 Å². The highest BCUT2D eigenvalue weighted by molar-refractivity contribution is 6.32. The topological polar surface area (TPSA) is 34.2 Å². The van der Waals surface area contributed by atoms with Gasteiger partial charge >= 0.3 is 0 Å². The van der Waals surface area contributed by atoms with E-state index < -0.39 is 0 Å². The Morgan fingerprint density at radius 2 is 2.20 bits per heavy atom. The maximum absolute atomic E-state index is 6.08. The molecule has 4 heteroatoms. The van der Waals surface area contributed by atoms with Crippen molar-refractivity contribution in [2.45, 2.75) is 19.4 Å². The molecule has 0 aliphatic rings. The Balaban J connectivity index is 2.24. The maximum Gasteiger partial charge on any atom is 0.137 e. The molecule has 1 aromatic carbocycles. The first-order valence-corrected chi connectivity index (χ1v) is 7.08. The van der Waals surface area contributed by atoms with E-state index in [-0.39, 0.29) is 6.04 Å². The summed E-state index contributed by atoms with van der Waals surface area (Å²) in [5.74, 6) is 0.707. The number of rotatable bonds is 6. The van der Waals surface area contributed by atoms with Gasteiger partial charge in [0.15, 0.2) is 0 Å². The second-order valence-electron chi connectivity index (χ2n) is 4.57. The SMILES string of the molecule is CCNC(Cc1cccnc1)c1ccc(Cl)c(OC)c1. The molecule has 0 bridgehead atoms. The lowest BCUT2D eigenvalue weighted by Gasteiger charge is -2.19. The van der Waals surface area contributed by atoms with Crippen LogP contribution in [0.3, 0.4) is 0 Å². The van der Waals surface area contributed by atoms with Crippen LogP contribution in [0.15, 0.2) is 42.7 Å². The molecule has 0 saturated carbocycles. The van der Waals surface area contributed by atoms with Gasteiger partial charge in [0.2, 0.25) is 0 Å². The van der Waals surface area contributed by atoms with Gasteiger partial charge in [-0.1, -0.05) is 30.7 Å². The van der Waals surface area contributed by atoms with Gasteiger partial charge in [0.1, 0.15) is 5.75 Å². The number of pyridine rings is 1. The fraction of sp³-hybridized carbons (Fsp3) is 0.312. The molecule has 0 amide bonds. The van der Waals surface area contributed by atoms with Gasteiger partial charge in [-0.15, -0.1) is 0 Å². The van der Waals surface area contributed by atoms with Crippen molar-refractivity contribution in [3.63, 3.8) is 0 Å². The smallest absolute Gasteiger partial charge is 0.137 e. The van der Waals surface area contributed by atoms with E-state index in [1.165, 1.54) is 5.56 Å². The Morgan fingerprint density at radius 1 is 1.35 bits per heavy atom. The molecule has 1 unspecified atom stereocenters. The first kappa shape index (κ1) is 14.8. The summed E-state index contributed by atoms with van der Waals surface area (Å²) in [6, 6.07) is 10.2. The fourth-order valence-corrected chi connectivity index (χ4v) is 2.40. The molecule has 0 aliphatic carbocycles. The number of aromatic nitrogens is 1. The van der Waals surface area contributed by atoms with Gasteiger partial charge in [0, 0.05) is 18.4 Å². The van der Waals surface area contributed by atoms with E-state index in [0.717, 1.165) is 18.5 Å². The molecular weight excluding hydrogens is 272 g/mol.